The second kappa shape index (κ2) is 9.39. The number of hydrogen-bond donors (Lipinski definition) is 1. The summed E-state index contributed by atoms with van der Waals surface area (Å²) < 4.78 is 11.6. The fourth-order valence-electron chi connectivity index (χ4n) is 3.12. The molecule has 2 heterocycles. The molecule has 1 aromatic heterocycles. The normalized spacial score (nSPS) is 16.0. The minimum Gasteiger partial charge on any atom is -0.488 e. The molecular weight excluding hydrogens is 408 g/mol. The van der Waals surface area contributed by atoms with Crippen LogP contribution in [-0.2, 0) is 11.3 Å². The summed E-state index contributed by atoms with van der Waals surface area (Å²) in [6.45, 7) is 1.72. The first-order valence-electron chi connectivity index (χ1n) is 9.51. The lowest BCUT2D eigenvalue weighted by Crippen LogP contribution is -2.31. The van der Waals surface area contributed by atoms with Gasteiger partial charge in [-0.3, -0.25) is 4.79 Å². The van der Waals surface area contributed by atoms with Crippen LogP contribution in [0.4, 0.5) is 0 Å². The van der Waals surface area contributed by atoms with Crippen LogP contribution in [0.25, 0.3) is 10.6 Å². The van der Waals surface area contributed by atoms with Gasteiger partial charge >= 0.3 is 0 Å². The molecule has 1 aliphatic rings. The Kier molecular flexibility index (Phi) is 6.44. The minimum atomic E-state index is -0.178. The molecule has 4 rings (SSSR count). The predicted molar refractivity (Wildman–Crippen MR) is 115 cm³/mol. The first-order valence-corrected chi connectivity index (χ1v) is 10.8. The number of nitrogens with zero attached hydrogens (tertiary/aromatic N) is 1. The van der Waals surface area contributed by atoms with Crippen LogP contribution < -0.4 is 10.1 Å². The van der Waals surface area contributed by atoms with E-state index in [1.807, 2.05) is 48.5 Å². The van der Waals surface area contributed by atoms with Crippen molar-refractivity contribution < 1.29 is 14.3 Å². The fraction of sp³-hybridized carbons (Fsp3) is 0.273. The molecule has 0 unspecified atom stereocenters. The maximum Gasteiger partial charge on any atom is 0.270 e. The van der Waals surface area contributed by atoms with Crippen molar-refractivity contribution in [2.24, 2.45) is 0 Å². The van der Waals surface area contributed by atoms with Gasteiger partial charge in [0.1, 0.15) is 23.1 Å². The van der Waals surface area contributed by atoms with Crippen LogP contribution in [0.3, 0.4) is 0 Å². The van der Waals surface area contributed by atoms with Gasteiger partial charge in [0, 0.05) is 23.6 Å². The average molecular weight is 429 g/mol. The third kappa shape index (κ3) is 5.15. The molecule has 1 atom stereocenters. The second-order valence-corrected chi connectivity index (χ2v) is 8.09. The highest BCUT2D eigenvalue weighted by molar-refractivity contribution is 7.13. The van der Waals surface area contributed by atoms with Crippen molar-refractivity contribution in [3.63, 3.8) is 0 Å². The number of carbonyl (C=O) groups excluding carboxylic acids is 1. The van der Waals surface area contributed by atoms with Crippen molar-refractivity contribution in [3.05, 3.63) is 70.2 Å². The first kappa shape index (κ1) is 19.9. The maximum atomic E-state index is 12.4. The second-order valence-electron chi connectivity index (χ2n) is 6.79. The maximum absolute atomic E-state index is 12.4. The Hall–Kier alpha value is -2.41. The van der Waals surface area contributed by atoms with Crippen LogP contribution in [0, 0.1) is 0 Å². The summed E-state index contributed by atoms with van der Waals surface area (Å²) in [5, 5.41) is 6.13. The van der Waals surface area contributed by atoms with Gasteiger partial charge in [0.25, 0.3) is 5.91 Å². The molecule has 5 nitrogen and oxygen atoms in total. The number of thiazole rings is 1. The number of amides is 1. The summed E-state index contributed by atoms with van der Waals surface area (Å²) >= 11 is 7.36. The van der Waals surface area contributed by atoms with E-state index in [1.54, 1.807) is 5.38 Å². The molecule has 150 valence electrons. The summed E-state index contributed by atoms with van der Waals surface area (Å²) in [5.41, 5.74) is 2.30. The van der Waals surface area contributed by atoms with Crippen molar-refractivity contribution in [1.82, 2.24) is 10.3 Å². The molecule has 0 bridgehead atoms. The zero-order chi connectivity index (χ0) is 20.1. The molecule has 1 N–H and O–H groups in total. The molecule has 2 aromatic carbocycles. The third-order valence-electron chi connectivity index (χ3n) is 4.68. The monoisotopic (exact) mass is 428 g/mol. The van der Waals surface area contributed by atoms with E-state index in [9.17, 15) is 4.79 Å². The standard InChI is InChI=1S/C22H21ClN2O3S/c23-16-9-7-15(8-10-16)13-28-20-6-2-1-5-18(20)22-25-19(14-29-22)21(26)24-12-17-4-3-11-27-17/h1-2,5-10,14,17H,3-4,11-13H2,(H,24,26)/t17-/m1/s1. The van der Waals surface area contributed by atoms with Crippen molar-refractivity contribution in [1.29, 1.82) is 0 Å². The van der Waals surface area contributed by atoms with Crippen LogP contribution in [0.15, 0.2) is 53.9 Å². The molecule has 0 spiro atoms. The molecule has 0 radical (unpaired) electrons. The first-order chi connectivity index (χ1) is 14.2. The van der Waals surface area contributed by atoms with Crippen LogP contribution in [-0.4, -0.2) is 30.1 Å². The molecule has 7 heteroatoms. The fourth-order valence-corrected chi connectivity index (χ4v) is 4.07. The number of hydrogen-bond acceptors (Lipinski definition) is 5. The van der Waals surface area contributed by atoms with Gasteiger partial charge in [0.15, 0.2) is 0 Å². The van der Waals surface area contributed by atoms with Crippen LogP contribution >= 0.6 is 22.9 Å². The molecule has 0 aliphatic carbocycles. The van der Waals surface area contributed by atoms with Crippen molar-refractivity contribution in [2.75, 3.05) is 13.2 Å². The molecular formula is C22H21ClN2O3S. The van der Waals surface area contributed by atoms with Gasteiger partial charge in [0.05, 0.1) is 11.7 Å². The Morgan fingerprint density at radius 3 is 2.86 bits per heavy atom. The van der Waals surface area contributed by atoms with E-state index in [0.717, 1.165) is 41.3 Å². The summed E-state index contributed by atoms with van der Waals surface area (Å²) in [5.74, 6) is 0.547. The lowest BCUT2D eigenvalue weighted by Gasteiger charge is -2.10. The lowest BCUT2D eigenvalue weighted by molar-refractivity contribution is 0.0854. The highest BCUT2D eigenvalue weighted by atomic mass is 35.5. The van der Waals surface area contributed by atoms with E-state index in [0.29, 0.717) is 23.9 Å². The van der Waals surface area contributed by atoms with Crippen LogP contribution in [0.2, 0.25) is 5.02 Å². The van der Waals surface area contributed by atoms with Gasteiger partial charge in [-0.1, -0.05) is 35.9 Å². The quantitative estimate of drug-likeness (QED) is 0.578. The van der Waals surface area contributed by atoms with Crippen molar-refractivity contribution in [2.45, 2.75) is 25.6 Å². The minimum absolute atomic E-state index is 0.110. The zero-order valence-electron chi connectivity index (χ0n) is 15.8. The third-order valence-corrected chi connectivity index (χ3v) is 5.80. The van der Waals surface area contributed by atoms with Crippen molar-refractivity contribution >= 4 is 28.8 Å². The zero-order valence-corrected chi connectivity index (χ0v) is 17.3. The van der Waals surface area contributed by atoms with Gasteiger partial charge in [-0.25, -0.2) is 4.98 Å². The van der Waals surface area contributed by atoms with Gasteiger partial charge in [-0.15, -0.1) is 11.3 Å². The van der Waals surface area contributed by atoms with E-state index >= 15 is 0 Å². The summed E-state index contributed by atoms with van der Waals surface area (Å²) in [4.78, 5) is 16.9. The van der Waals surface area contributed by atoms with Crippen molar-refractivity contribution in [3.8, 4) is 16.3 Å². The Morgan fingerprint density at radius 2 is 2.07 bits per heavy atom. The van der Waals surface area contributed by atoms with E-state index in [-0.39, 0.29) is 12.0 Å². The number of carbonyl (C=O) groups is 1. The number of rotatable bonds is 7. The average Bonchev–Trinajstić information content (AvgIpc) is 3.44. The lowest BCUT2D eigenvalue weighted by atomic mass is 10.2. The Labute approximate surface area is 178 Å². The number of aromatic nitrogens is 1. The number of nitrogens with one attached hydrogen (secondary N) is 1. The summed E-state index contributed by atoms with van der Waals surface area (Å²) in [7, 11) is 0. The summed E-state index contributed by atoms with van der Waals surface area (Å²) in [6, 6.07) is 15.3. The Morgan fingerprint density at radius 1 is 1.24 bits per heavy atom. The molecule has 3 aromatic rings. The number of halogens is 1. The molecule has 1 aliphatic heterocycles. The number of ether oxygens (including phenoxy) is 2. The van der Waals surface area contributed by atoms with Gasteiger partial charge in [-0.2, -0.15) is 0 Å². The van der Waals surface area contributed by atoms with E-state index in [4.69, 9.17) is 21.1 Å². The summed E-state index contributed by atoms with van der Waals surface area (Å²) in [6.07, 6.45) is 2.15. The molecule has 1 amide bonds. The smallest absolute Gasteiger partial charge is 0.270 e. The Balaban J connectivity index is 1.43. The molecule has 1 fully saturated rings. The molecule has 1 saturated heterocycles. The number of para-hydroxylation sites is 1. The Bertz CT molecular complexity index is 968. The van der Waals surface area contributed by atoms with E-state index in [1.165, 1.54) is 11.3 Å². The predicted octanol–water partition coefficient (Wildman–Crippen LogP) is 4.95. The highest BCUT2D eigenvalue weighted by Gasteiger charge is 2.19. The van der Waals surface area contributed by atoms with Gasteiger partial charge < -0.3 is 14.8 Å². The largest absolute Gasteiger partial charge is 0.488 e. The van der Waals surface area contributed by atoms with E-state index in [2.05, 4.69) is 10.3 Å². The topological polar surface area (TPSA) is 60.5 Å². The SMILES string of the molecule is O=C(NC[C@H]1CCCO1)c1csc(-c2ccccc2OCc2ccc(Cl)cc2)n1. The van der Waals surface area contributed by atoms with Crippen LogP contribution in [0.1, 0.15) is 28.9 Å². The van der Waals surface area contributed by atoms with Crippen LogP contribution in [0.5, 0.6) is 5.75 Å². The van der Waals surface area contributed by atoms with Gasteiger partial charge in [-0.05, 0) is 42.7 Å². The van der Waals surface area contributed by atoms with E-state index < -0.39 is 0 Å². The van der Waals surface area contributed by atoms with Gasteiger partial charge in [0.2, 0.25) is 0 Å². The highest BCUT2D eigenvalue weighted by Crippen LogP contribution is 2.32. The molecule has 29 heavy (non-hydrogen) atoms. The molecule has 0 saturated carbocycles. The number of benzene rings is 2.